The Hall–Kier alpha value is -4.38. The number of hydrogen-bond acceptors (Lipinski definition) is 5. The highest BCUT2D eigenvalue weighted by Gasteiger charge is 2.43. The van der Waals surface area contributed by atoms with Gasteiger partial charge >= 0.3 is 5.97 Å². The summed E-state index contributed by atoms with van der Waals surface area (Å²) in [6.07, 6.45) is 2.36. The van der Waals surface area contributed by atoms with E-state index < -0.39 is 29.7 Å². The van der Waals surface area contributed by atoms with Crippen LogP contribution in [0.4, 0.5) is 0 Å². The molecule has 1 atom stereocenters. The number of nitrogens with zero attached hydrogens (tertiary/aromatic N) is 1. The second-order valence-electron chi connectivity index (χ2n) is 7.61. The van der Waals surface area contributed by atoms with Crippen LogP contribution in [-0.2, 0) is 20.7 Å². The third kappa shape index (κ3) is 4.21. The van der Waals surface area contributed by atoms with Crippen LogP contribution < -0.4 is 5.73 Å². The summed E-state index contributed by atoms with van der Waals surface area (Å²) in [5, 5.41) is 0.808. The summed E-state index contributed by atoms with van der Waals surface area (Å²) in [6, 6.07) is 10.9. The average Bonchev–Trinajstić information content (AvgIpc) is 3.33. The molecule has 3 aromatic rings. The molecule has 1 aliphatic rings. The van der Waals surface area contributed by atoms with Gasteiger partial charge in [0.25, 0.3) is 11.8 Å². The molecule has 3 amide bonds. The third-order valence-electron chi connectivity index (χ3n) is 5.52. The van der Waals surface area contributed by atoms with Gasteiger partial charge in [0.15, 0.2) is 0 Å². The fraction of sp³-hybridized carbons (Fsp3) is 0.200. The number of aromatic nitrogens is 1. The van der Waals surface area contributed by atoms with Gasteiger partial charge in [-0.15, -0.1) is 0 Å². The fourth-order valence-electron chi connectivity index (χ4n) is 3.89. The molecule has 3 N–H and O–H groups in total. The number of rotatable bonds is 6. The standard InChI is InChI=1S/C25H21N3O5/c1-33-25(32)21(28-23(30)17-7-3-4-8-18(17)24(28)31)13-16-14-27-20-11-10-15(12-19(16)20)6-2-5-9-22(26)29/h3-4,7-8,10-12,14,21,27H,5,9,13H2,1H3,(H2,26,29). The van der Waals surface area contributed by atoms with Crippen molar-refractivity contribution >= 4 is 34.6 Å². The first-order valence-corrected chi connectivity index (χ1v) is 10.3. The number of fused-ring (bicyclic) bond motifs is 2. The molecule has 2 aromatic carbocycles. The number of carbonyl (C=O) groups is 4. The van der Waals surface area contributed by atoms with Crippen molar-refractivity contribution in [3.8, 4) is 11.8 Å². The van der Waals surface area contributed by atoms with E-state index in [1.807, 2.05) is 18.2 Å². The zero-order valence-corrected chi connectivity index (χ0v) is 17.9. The molecule has 166 valence electrons. The number of nitrogens with two attached hydrogens (primary N) is 1. The Morgan fingerprint density at radius 3 is 2.45 bits per heavy atom. The van der Waals surface area contributed by atoms with Crippen molar-refractivity contribution in [1.82, 2.24) is 9.88 Å². The highest BCUT2D eigenvalue weighted by molar-refractivity contribution is 6.22. The largest absolute Gasteiger partial charge is 0.467 e. The van der Waals surface area contributed by atoms with Gasteiger partial charge in [-0.05, 0) is 35.9 Å². The van der Waals surface area contributed by atoms with E-state index in [0.717, 1.165) is 26.9 Å². The van der Waals surface area contributed by atoms with Crippen LogP contribution >= 0.6 is 0 Å². The van der Waals surface area contributed by atoms with Crippen molar-refractivity contribution in [2.45, 2.75) is 25.3 Å². The summed E-state index contributed by atoms with van der Waals surface area (Å²) < 4.78 is 4.93. The van der Waals surface area contributed by atoms with Crippen LogP contribution in [0.2, 0.25) is 0 Å². The zero-order chi connectivity index (χ0) is 23.5. The van der Waals surface area contributed by atoms with Crippen LogP contribution in [0, 0.1) is 11.8 Å². The molecular formula is C25H21N3O5. The first kappa shape index (κ1) is 21.8. The zero-order valence-electron chi connectivity index (χ0n) is 17.9. The molecule has 0 radical (unpaired) electrons. The highest BCUT2D eigenvalue weighted by Crippen LogP contribution is 2.28. The van der Waals surface area contributed by atoms with Gasteiger partial charge in [-0.25, -0.2) is 4.79 Å². The maximum absolute atomic E-state index is 12.9. The fourth-order valence-corrected chi connectivity index (χ4v) is 3.89. The van der Waals surface area contributed by atoms with Crippen LogP contribution in [0.1, 0.15) is 44.7 Å². The predicted molar refractivity (Wildman–Crippen MR) is 120 cm³/mol. The monoisotopic (exact) mass is 443 g/mol. The molecule has 2 heterocycles. The Bertz CT molecular complexity index is 1310. The van der Waals surface area contributed by atoms with Crippen LogP contribution in [0.3, 0.4) is 0 Å². The second-order valence-corrected chi connectivity index (χ2v) is 7.61. The Kier molecular flexibility index (Phi) is 5.96. The van der Waals surface area contributed by atoms with E-state index in [-0.39, 0.29) is 24.0 Å². The topological polar surface area (TPSA) is 123 Å². The maximum atomic E-state index is 12.9. The molecule has 0 spiro atoms. The molecule has 33 heavy (non-hydrogen) atoms. The van der Waals surface area contributed by atoms with Gasteiger partial charge in [0.2, 0.25) is 5.91 Å². The third-order valence-corrected chi connectivity index (χ3v) is 5.52. The quantitative estimate of drug-likeness (QED) is 0.343. The van der Waals surface area contributed by atoms with Crippen LogP contribution in [-0.4, -0.2) is 46.7 Å². The number of esters is 1. The lowest BCUT2D eigenvalue weighted by Gasteiger charge is -2.23. The van der Waals surface area contributed by atoms with Crippen molar-refractivity contribution in [3.05, 3.63) is 70.9 Å². The molecule has 0 aliphatic carbocycles. The molecule has 0 saturated heterocycles. The molecule has 1 aromatic heterocycles. The van der Waals surface area contributed by atoms with E-state index in [0.29, 0.717) is 6.42 Å². The van der Waals surface area contributed by atoms with Crippen molar-refractivity contribution in [2.75, 3.05) is 7.11 Å². The summed E-state index contributed by atoms with van der Waals surface area (Å²) >= 11 is 0. The number of primary amides is 1. The molecule has 0 saturated carbocycles. The highest BCUT2D eigenvalue weighted by atomic mass is 16.5. The number of ether oxygens (including phenoxy) is 1. The Labute approximate surface area is 189 Å². The van der Waals surface area contributed by atoms with Gasteiger partial charge in [-0.2, -0.15) is 0 Å². The number of nitrogens with one attached hydrogen (secondary N) is 1. The van der Waals surface area contributed by atoms with E-state index in [1.54, 1.807) is 30.5 Å². The van der Waals surface area contributed by atoms with Crippen molar-refractivity contribution in [3.63, 3.8) is 0 Å². The summed E-state index contributed by atoms with van der Waals surface area (Å²) in [6.45, 7) is 0. The lowest BCUT2D eigenvalue weighted by Crippen LogP contribution is -2.46. The van der Waals surface area contributed by atoms with Crippen molar-refractivity contribution in [1.29, 1.82) is 0 Å². The Morgan fingerprint density at radius 2 is 1.82 bits per heavy atom. The summed E-state index contributed by atoms with van der Waals surface area (Å²) in [5.41, 5.74) is 7.95. The average molecular weight is 443 g/mol. The molecular weight excluding hydrogens is 422 g/mol. The summed E-state index contributed by atoms with van der Waals surface area (Å²) in [4.78, 5) is 53.5. The number of carbonyl (C=O) groups excluding carboxylic acids is 4. The molecule has 1 unspecified atom stereocenters. The van der Waals surface area contributed by atoms with Crippen molar-refractivity contribution in [2.24, 2.45) is 5.73 Å². The number of methoxy groups -OCH3 is 1. The summed E-state index contributed by atoms with van der Waals surface area (Å²) in [7, 11) is 1.22. The number of H-pyrrole nitrogens is 1. The second kappa shape index (κ2) is 9.01. The van der Waals surface area contributed by atoms with E-state index >= 15 is 0 Å². The SMILES string of the molecule is COC(=O)C(Cc1c[nH]c2ccc(C#CCCC(N)=O)cc12)N1C(=O)c2ccccc2C1=O. The number of aromatic amines is 1. The van der Waals surface area contributed by atoms with Gasteiger partial charge in [-0.1, -0.05) is 24.0 Å². The van der Waals surface area contributed by atoms with E-state index in [2.05, 4.69) is 16.8 Å². The minimum Gasteiger partial charge on any atom is -0.467 e. The summed E-state index contributed by atoms with van der Waals surface area (Å²) in [5.74, 6) is 3.78. The first-order valence-electron chi connectivity index (χ1n) is 10.3. The molecule has 0 bridgehead atoms. The van der Waals surface area contributed by atoms with Crippen LogP contribution in [0.25, 0.3) is 10.9 Å². The Morgan fingerprint density at radius 1 is 1.12 bits per heavy atom. The number of imide groups is 1. The Balaban J connectivity index is 1.65. The van der Waals surface area contributed by atoms with Crippen LogP contribution in [0.15, 0.2) is 48.7 Å². The maximum Gasteiger partial charge on any atom is 0.329 e. The minimum atomic E-state index is -1.12. The predicted octanol–water partition coefficient (Wildman–Crippen LogP) is 2.17. The molecule has 4 rings (SSSR count). The van der Waals surface area contributed by atoms with Gasteiger partial charge in [0.1, 0.15) is 6.04 Å². The number of benzene rings is 2. The lowest BCUT2D eigenvalue weighted by atomic mass is 10.0. The van der Waals surface area contributed by atoms with Gasteiger partial charge in [-0.3, -0.25) is 19.3 Å². The normalized spacial score (nSPS) is 13.4. The molecule has 8 heteroatoms. The molecule has 1 aliphatic heterocycles. The first-order chi connectivity index (χ1) is 15.9. The number of hydrogen-bond donors (Lipinski definition) is 2. The van der Waals surface area contributed by atoms with Crippen LogP contribution in [0.5, 0.6) is 0 Å². The molecule has 0 fully saturated rings. The van der Waals surface area contributed by atoms with E-state index in [1.165, 1.54) is 7.11 Å². The number of amides is 3. The van der Waals surface area contributed by atoms with E-state index in [4.69, 9.17) is 10.5 Å². The lowest BCUT2D eigenvalue weighted by molar-refractivity contribution is -0.145. The smallest absolute Gasteiger partial charge is 0.329 e. The minimum absolute atomic E-state index is 0.0801. The van der Waals surface area contributed by atoms with Gasteiger partial charge in [0, 0.05) is 41.9 Å². The van der Waals surface area contributed by atoms with Gasteiger partial charge in [0.05, 0.1) is 18.2 Å². The van der Waals surface area contributed by atoms with Crippen molar-refractivity contribution < 1.29 is 23.9 Å². The van der Waals surface area contributed by atoms with Gasteiger partial charge < -0.3 is 15.5 Å². The van der Waals surface area contributed by atoms with E-state index in [9.17, 15) is 19.2 Å². The molecule has 8 nitrogen and oxygen atoms in total.